The minimum absolute atomic E-state index is 0.0403. The van der Waals surface area contributed by atoms with Crippen molar-refractivity contribution in [3.63, 3.8) is 0 Å². The van der Waals surface area contributed by atoms with Gasteiger partial charge in [0.25, 0.3) is 5.56 Å². The zero-order valence-corrected chi connectivity index (χ0v) is 21.9. The quantitative estimate of drug-likeness (QED) is 0.483. The second-order valence-electron chi connectivity index (χ2n) is 10.1. The van der Waals surface area contributed by atoms with Crippen LogP contribution in [0.25, 0.3) is 15.7 Å². The van der Waals surface area contributed by atoms with Crippen LogP contribution in [0.5, 0.6) is 0 Å². The lowest BCUT2D eigenvalue weighted by Gasteiger charge is -2.40. The highest BCUT2D eigenvalue weighted by Crippen LogP contribution is 2.28. The van der Waals surface area contributed by atoms with Crippen molar-refractivity contribution in [1.29, 1.82) is 0 Å². The Kier molecular flexibility index (Phi) is 7.55. The summed E-state index contributed by atoms with van der Waals surface area (Å²) >= 11 is 1.68. The van der Waals surface area contributed by atoms with Crippen LogP contribution in [0.2, 0.25) is 0 Å². The number of amides is 1. The first-order valence-electron chi connectivity index (χ1n) is 13.3. The summed E-state index contributed by atoms with van der Waals surface area (Å²) < 4.78 is 4.35. The van der Waals surface area contributed by atoms with Gasteiger partial charge in [-0.2, -0.15) is 5.10 Å². The fourth-order valence-corrected chi connectivity index (χ4v) is 6.71. The number of hydrogen-bond donors (Lipinski definition) is 1. The third-order valence-corrected chi connectivity index (χ3v) is 8.59. The SMILES string of the molecule is CCc1nn(CC(=O)NCCCN2CCC(N3CCCCC3)CC2)c(=O)c2cc3sc(C)cc3n12. The fourth-order valence-electron chi connectivity index (χ4n) is 5.76. The van der Waals surface area contributed by atoms with Gasteiger partial charge in [0.2, 0.25) is 5.91 Å². The van der Waals surface area contributed by atoms with Crippen LogP contribution in [0.15, 0.2) is 16.9 Å². The predicted molar refractivity (Wildman–Crippen MR) is 141 cm³/mol. The third kappa shape index (κ3) is 5.32. The molecule has 0 radical (unpaired) electrons. The van der Waals surface area contributed by atoms with Crippen molar-refractivity contribution < 1.29 is 4.79 Å². The number of nitrogens with zero attached hydrogens (tertiary/aromatic N) is 5. The number of nitrogens with one attached hydrogen (secondary N) is 1. The number of rotatable bonds is 8. The lowest BCUT2D eigenvalue weighted by molar-refractivity contribution is -0.121. The Bertz CT molecular complexity index is 1230. The van der Waals surface area contributed by atoms with Crippen molar-refractivity contribution in [3.8, 4) is 0 Å². The van der Waals surface area contributed by atoms with E-state index in [-0.39, 0.29) is 18.0 Å². The molecule has 0 aliphatic carbocycles. The predicted octanol–water partition coefficient (Wildman–Crippen LogP) is 3.04. The first-order valence-corrected chi connectivity index (χ1v) is 14.1. The highest BCUT2D eigenvalue weighted by molar-refractivity contribution is 7.19. The van der Waals surface area contributed by atoms with Crippen molar-refractivity contribution in [2.45, 2.75) is 71.4 Å². The monoisotopic (exact) mass is 498 g/mol. The van der Waals surface area contributed by atoms with Crippen molar-refractivity contribution in [2.75, 3.05) is 39.3 Å². The Hall–Kier alpha value is -2.23. The molecule has 0 spiro atoms. The molecule has 3 aromatic rings. The van der Waals surface area contributed by atoms with Gasteiger partial charge in [0, 0.05) is 23.9 Å². The first-order chi connectivity index (χ1) is 17.0. The number of carbonyl (C=O) groups is 1. The van der Waals surface area contributed by atoms with Crippen LogP contribution in [-0.2, 0) is 17.8 Å². The number of hydrogen-bond acceptors (Lipinski definition) is 6. The maximum absolute atomic E-state index is 13.1. The van der Waals surface area contributed by atoms with Crippen molar-refractivity contribution in [3.05, 3.63) is 33.2 Å². The van der Waals surface area contributed by atoms with Gasteiger partial charge in [-0.25, -0.2) is 4.68 Å². The van der Waals surface area contributed by atoms with Gasteiger partial charge >= 0.3 is 0 Å². The molecule has 0 saturated carbocycles. The summed E-state index contributed by atoms with van der Waals surface area (Å²) in [6.45, 7) is 10.6. The molecular weight excluding hydrogens is 460 g/mol. The van der Waals surface area contributed by atoms with E-state index in [1.54, 1.807) is 11.3 Å². The molecule has 2 saturated heterocycles. The van der Waals surface area contributed by atoms with Gasteiger partial charge in [0.05, 0.1) is 10.2 Å². The summed E-state index contributed by atoms with van der Waals surface area (Å²) in [5.74, 6) is 0.646. The highest BCUT2D eigenvalue weighted by Gasteiger charge is 2.25. The molecule has 8 nitrogen and oxygen atoms in total. The van der Waals surface area contributed by atoms with Crippen LogP contribution >= 0.6 is 11.3 Å². The lowest BCUT2D eigenvalue weighted by atomic mass is 10.00. The minimum atomic E-state index is -0.213. The molecule has 35 heavy (non-hydrogen) atoms. The van der Waals surface area contributed by atoms with E-state index in [0.717, 1.165) is 48.1 Å². The van der Waals surface area contributed by atoms with E-state index in [0.29, 0.717) is 18.5 Å². The molecule has 2 aliphatic heterocycles. The van der Waals surface area contributed by atoms with Crippen LogP contribution < -0.4 is 10.9 Å². The van der Waals surface area contributed by atoms with E-state index in [1.165, 1.54) is 54.8 Å². The maximum Gasteiger partial charge on any atom is 0.291 e. The number of likely N-dealkylation sites (tertiary alicyclic amines) is 2. The third-order valence-electron chi connectivity index (χ3n) is 7.61. The standard InChI is InChI=1S/C26H38N6O2S/c1-3-24-28-31(26(34)22-17-23-21(32(22)24)16-19(2)35-23)18-25(33)27-10-7-11-29-14-8-20(9-15-29)30-12-5-4-6-13-30/h16-17,20H,3-15,18H2,1-2H3,(H,27,33). The second kappa shape index (κ2) is 10.8. The van der Waals surface area contributed by atoms with E-state index < -0.39 is 0 Å². The Morgan fingerprint density at radius 2 is 1.89 bits per heavy atom. The van der Waals surface area contributed by atoms with E-state index in [9.17, 15) is 9.59 Å². The normalized spacial score (nSPS) is 18.6. The van der Waals surface area contributed by atoms with Crippen molar-refractivity contribution in [2.24, 2.45) is 0 Å². The number of fused-ring (bicyclic) bond motifs is 3. The van der Waals surface area contributed by atoms with Crippen LogP contribution in [0, 0.1) is 6.92 Å². The zero-order chi connectivity index (χ0) is 24.4. The van der Waals surface area contributed by atoms with Crippen LogP contribution in [-0.4, -0.2) is 75.2 Å². The average Bonchev–Trinajstić information content (AvgIpc) is 3.41. The molecule has 0 bridgehead atoms. The molecule has 0 aromatic carbocycles. The Balaban J connectivity index is 1.11. The molecule has 9 heteroatoms. The van der Waals surface area contributed by atoms with E-state index in [1.807, 2.05) is 17.4 Å². The van der Waals surface area contributed by atoms with Gasteiger partial charge in [-0.1, -0.05) is 13.3 Å². The Morgan fingerprint density at radius 3 is 2.63 bits per heavy atom. The summed E-state index contributed by atoms with van der Waals surface area (Å²) in [5, 5.41) is 7.53. The molecule has 5 heterocycles. The summed E-state index contributed by atoms with van der Waals surface area (Å²) in [6, 6.07) is 4.79. The number of thiophene rings is 1. The molecule has 190 valence electrons. The number of piperidine rings is 2. The molecule has 2 aliphatic rings. The molecule has 0 atom stereocenters. The van der Waals surface area contributed by atoms with Gasteiger partial charge in [-0.3, -0.25) is 14.0 Å². The van der Waals surface area contributed by atoms with Crippen molar-refractivity contribution in [1.82, 2.24) is 29.3 Å². The maximum atomic E-state index is 13.1. The molecule has 1 N–H and O–H groups in total. The van der Waals surface area contributed by atoms with Crippen LogP contribution in [0.4, 0.5) is 0 Å². The topological polar surface area (TPSA) is 74.9 Å². The van der Waals surface area contributed by atoms with Gasteiger partial charge in [0.15, 0.2) is 0 Å². The Morgan fingerprint density at radius 1 is 1.11 bits per heavy atom. The van der Waals surface area contributed by atoms with E-state index in [4.69, 9.17) is 0 Å². The van der Waals surface area contributed by atoms with Crippen molar-refractivity contribution >= 4 is 33.0 Å². The zero-order valence-electron chi connectivity index (χ0n) is 21.1. The molecule has 5 rings (SSSR count). The fraction of sp³-hybridized carbons (Fsp3) is 0.654. The number of carbonyl (C=O) groups excluding carboxylic acids is 1. The molecular formula is C26H38N6O2S. The lowest BCUT2D eigenvalue weighted by Crippen LogP contribution is -2.47. The largest absolute Gasteiger partial charge is 0.354 e. The van der Waals surface area contributed by atoms with Gasteiger partial charge in [0.1, 0.15) is 17.9 Å². The number of aryl methyl sites for hydroxylation is 2. The highest BCUT2D eigenvalue weighted by atomic mass is 32.1. The van der Waals surface area contributed by atoms with Gasteiger partial charge in [-0.05, 0) is 83.9 Å². The smallest absolute Gasteiger partial charge is 0.291 e. The van der Waals surface area contributed by atoms with Gasteiger partial charge in [-0.15, -0.1) is 11.3 Å². The van der Waals surface area contributed by atoms with Gasteiger partial charge < -0.3 is 15.1 Å². The minimum Gasteiger partial charge on any atom is -0.354 e. The van der Waals surface area contributed by atoms with E-state index in [2.05, 4.69) is 33.2 Å². The molecule has 2 fully saturated rings. The van der Waals surface area contributed by atoms with Crippen LogP contribution in [0.1, 0.15) is 56.2 Å². The number of aromatic nitrogens is 3. The molecule has 3 aromatic heterocycles. The average molecular weight is 499 g/mol. The first kappa shape index (κ1) is 24.5. The second-order valence-corrected chi connectivity index (χ2v) is 11.4. The van der Waals surface area contributed by atoms with Crippen LogP contribution in [0.3, 0.4) is 0 Å². The molecule has 0 unspecified atom stereocenters. The summed E-state index contributed by atoms with van der Waals surface area (Å²) in [5.41, 5.74) is 1.41. The Labute approximate surface area is 210 Å². The summed E-state index contributed by atoms with van der Waals surface area (Å²) in [7, 11) is 0. The summed E-state index contributed by atoms with van der Waals surface area (Å²) in [6.07, 6.45) is 8.25. The molecule has 1 amide bonds. The summed E-state index contributed by atoms with van der Waals surface area (Å²) in [4.78, 5) is 32.1. The van der Waals surface area contributed by atoms with E-state index >= 15 is 0 Å².